The van der Waals surface area contributed by atoms with Crippen LogP contribution >= 0.6 is 0 Å². The molecule has 362 valence electrons. The van der Waals surface area contributed by atoms with Gasteiger partial charge in [0.1, 0.15) is 42.7 Å². The van der Waals surface area contributed by atoms with E-state index in [9.17, 15) is 32.7 Å². The second-order valence-corrected chi connectivity index (χ2v) is 18.9. The van der Waals surface area contributed by atoms with E-state index in [0.717, 1.165) is 23.2 Å². The largest absolute Gasteiger partial charge is 0.478 e. The molecular weight excluding hydrogens is 947 g/mol. The first-order chi connectivity index (χ1) is 34.4. The normalized spacial score (nSPS) is 11.4. The third-order valence-corrected chi connectivity index (χ3v) is 13.1. The van der Waals surface area contributed by atoms with Crippen molar-refractivity contribution in [2.75, 3.05) is 49.7 Å². The number of nitrogens with zero attached hydrogens (tertiary/aromatic N) is 4. The number of rotatable bonds is 14. The molecule has 2 aliphatic rings. The van der Waals surface area contributed by atoms with Gasteiger partial charge in [-0.3, -0.25) is 19.1 Å². The third-order valence-electron chi connectivity index (χ3n) is 11.8. The van der Waals surface area contributed by atoms with E-state index in [4.69, 9.17) is 4.42 Å². The minimum atomic E-state index is -4.15. The van der Waals surface area contributed by atoms with E-state index in [0.29, 0.717) is 50.1 Å². The Bertz CT molecular complexity index is 3820. The number of benzene rings is 5. The lowest BCUT2D eigenvalue weighted by Crippen LogP contribution is -2.33. The van der Waals surface area contributed by atoms with Gasteiger partial charge < -0.3 is 30.0 Å². The van der Waals surface area contributed by atoms with Crippen molar-refractivity contribution in [1.29, 1.82) is 0 Å². The topological polar surface area (TPSA) is 220 Å². The molecule has 2 amide bonds. The summed E-state index contributed by atoms with van der Waals surface area (Å²) in [5.74, 6) is -6.08. The Balaban J connectivity index is 0.889. The summed E-state index contributed by atoms with van der Waals surface area (Å²) < 4.78 is 67.2. The number of pyridine rings is 2. The van der Waals surface area contributed by atoms with Crippen LogP contribution in [0.2, 0.25) is 0 Å². The monoisotopic (exact) mass is 989 g/mol. The van der Waals surface area contributed by atoms with Gasteiger partial charge in [-0.1, -0.05) is 36.4 Å². The number of hydrogen-bond acceptors (Lipinski definition) is 10. The summed E-state index contributed by atoms with van der Waals surface area (Å²) >= 11 is 0. The molecule has 5 N–H and O–H groups in total. The minimum Gasteiger partial charge on any atom is -0.478 e. The summed E-state index contributed by atoms with van der Waals surface area (Å²) in [6, 6.07) is 30.2. The number of halogens is 2. The fourth-order valence-electron chi connectivity index (χ4n) is 8.20. The van der Waals surface area contributed by atoms with Crippen LogP contribution in [0.5, 0.6) is 0 Å². The lowest BCUT2D eigenvalue weighted by Gasteiger charge is -2.19. The molecule has 0 saturated carbocycles. The Morgan fingerprint density at radius 1 is 0.806 bits per heavy atom. The molecule has 1 aliphatic carbocycles. The highest BCUT2D eigenvalue weighted by Crippen LogP contribution is 2.42. The number of carbonyl (C=O) groups is 4. The zero-order valence-electron chi connectivity index (χ0n) is 38.9. The first kappa shape index (κ1) is 47.9. The van der Waals surface area contributed by atoms with Crippen molar-refractivity contribution in [3.63, 3.8) is 0 Å². The van der Waals surface area contributed by atoms with Crippen LogP contribution in [0.25, 0.3) is 55.6 Å². The van der Waals surface area contributed by atoms with Gasteiger partial charge in [-0.2, -0.15) is 0 Å². The first-order valence-corrected chi connectivity index (χ1v) is 23.7. The standard InChI is InChI=1S/C53H42F2N8O8S/c1-62(2)33-12-15-36-43(22-33)71-44-23-34(63(3)4)13-16-37(44)47(36)35-14-10-30(20-39(35)53(67)68)52(66)59-27-46(64)60-45-19-11-31(24-56-45)32-21-38-40(26-58-51(38)57-25-32)50(65)48-41(54)17-18-42(49(48)55)61-72(69,70)28-29-8-6-5-7-9-29/h5-26,59,61H,27-28H2,1-4H3,(H2,66,67,68)/p+1. The zero-order chi connectivity index (χ0) is 51.0. The first-order valence-electron chi connectivity index (χ1n) is 22.1. The fourth-order valence-corrected chi connectivity index (χ4v) is 9.40. The molecule has 16 nitrogen and oxygen atoms in total. The molecule has 0 unspecified atom stereocenters. The van der Waals surface area contributed by atoms with E-state index in [1.54, 1.807) is 48.5 Å². The van der Waals surface area contributed by atoms with Gasteiger partial charge in [0, 0.05) is 94.7 Å². The Morgan fingerprint density at radius 2 is 1.57 bits per heavy atom. The second kappa shape index (κ2) is 19.4. The van der Waals surface area contributed by atoms with E-state index in [2.05, 4.69) is 30.3 Å². The molecule has 0 bridgehead atoms. The van der Waals surface area contributed by atoms with Crippen LogP contribution in [-0.2, 0) is 20.6 Å². The summed E-state index contributed by atoms with van der Waals surface area (Å²) in [5, 5.41) is 17.4. The molecule has 4 aromatic carbocycles. The smallest absolute Gasteiger partial charge is 0.336 e. The number of nitrogens with one attached hydrogen (secondary N) is 4. The van der Waals surface area contributed by atoms with Crippen LogP contribution in [0, 0.1) is 11.6 Å². The number of carboxylic acids is 1. The van der Waals surface area contributed by atoms with Gasteiger partial charge in [0.25, 0.3) is 5.91 Å². The highest BCUT2D eigenvalue weighted by molar-refractivity contribution is 7.91. The Hall–Kier alpha value is -9.10. The van der Waals surface area contributed by atoms with Crippen molar-refractivity contribution in [1.82, 2.24) is 24.8 Å². The Morgan fingerprint density at radius 3 is 2.29 bits per heavy atom. The maximum atomic E-state index is 15.8. The number of aromatic carboxylic acids is 1. The molecule has 0 radical (unpaired) electrons. The minimum absolute atomic E-state index is 0.00841. The van der Waals surface area contributed by atoms with Gasteiger partial charge in [0.15, 0.2) is 5.82 Å². The Kier molecular flexibility index (Phi) is 12.9. The van der Waals surface area contributed by atoms with Crippen LogP contribution in [0.3, 0.4) is 0 Å². The van der Waals surface area contributed by atoms with Gasteiger partial charge in [-0.25, -0.2) is 36.5 Å². The summed E-state index contributed by atoms with van der Waals surface area (Å²) in [7, 11) is 3.46. The number of aromatic amines is 1. The predicted octanol–water partition coefficient (Wildman–Crippen LogP) is 7.76. The maximum absolute atomic E-state index is 15.8. The number of aromatic nitrogens is 3. The summed E-state index contributed by atoms with van der Waals surface area (Å²) in [6.45, 7) is -0.487. The average Bonchev–Trinajstić information content (AvgIpc) is 3.79. The number of anilines is 3. The number of carboxylic acid groups (broad SMARTS) is 1. The molecule has 7 aromatic rings. The zero-order valence-corrected chi connectivity index (χ0v) is 39.7. The van der Waals surface area contributed by atoms with Crippen molar-refractivity contribution in [2.24, 2.45) is 0 Å². The van der Waals surface area contributed by atoms with Crippen molar-refractivity contribution >= 4 is 72.8 Å². The number of sulfonamides is 1. The Labute approximate surface area is 409 Å². The average molecular weight is 990 g/mol. The molecule has 0 saturated heterocycles. The molecule has 19 heteroatoms. The van der Waals surface area contributed by atoms with Gasteiger partial charge in [0.2, 0.25) is 27.1 Å². The van der Waals surface area contributed by atoms with Crippen LogP contribution in [0.1, 0.15) is 42.2 Å². The van der Waals surface area contributed by atoms with Crippen LogP contribution < -0.4 is 30.2 Å². The molecule has 72 heavy (non-hydrogen) atoms. The van der Waals surface area contributed by atoms with E-state index >= 15 is 8.78 Å². The SMILES string of the molecule is CN(C)c1ccc2c(-c3ccc(C(=O)NCC(=O)Nc4ccc(-c5cnc6[nH]cc(C(=O)c7c(F)ccc(NS(=O)(=O)Cc8ccccc8)c7F)c6c5)cn4)cc3C(=O)O)c3ccc(=[N+](C)C)cc-3oc2c1. The molecule has 0 atom stereocenters. The third kappa shape index (κ3) is 9.72. The molecule has 0 fully saturated rings. The molecule has 1 aliphatic heterocycles. The second-order valence-electron chi connectivity index (χ2n) is 17.1. The van der Waals surface area contributed by atoms with E-state index in [1.165, 1.54) is 36.8 Å². The van der Waals surface area contributed by atoms with Crippen molar-refractivity contribution in [3.05, 3.63) is 179 Å². The maximum Gasteiger partial charge on any atom is 0.336 e. The summed E-state index contributed by atoms with van der Waals surface area (Å²) in [6.07, 6.45) is 4.14. The van der Waals surface area contributed by atoms with Crippen molar-refractivity contribution < 1.29 is 45.9 Å². The van der Waals surface area contributed by atoms with Crippen molar-refractivity contribution in [3.8, 4) is 33.6 Å². The number of ketones is 1. The number of H-pyrrole nitrogens is 1. The van der Waals surface area contributed by atoms with E-state index in [1.807, 2.05) is 74.1 Å². The molecule has 3 aromatic heterocycles. The molecule has 4 heterocycles. The summed E-state index contributed by atoms with van der Waals surface area (Å²) in [5.41, 5.74) is 2.82. The molecular formula is C53H43F2N8O8S+. The van der Waals surface area contributed by atoms with Crippen LogP contribution in [-0.4, -0.2) is 86.8 Å². The number of amides is 2. The highest BCUT2D eigenvalue weighted by atomic mass is 32.2. The van der Waals surface area contributed by atoms with E-state index < -0.39 is 68.8 Å². The van der Waals surface area contributed by atoms with Crippen LogP contribution in [0.15, 0.2) is 138 Å². The van der Waals surface area contributed by atoms with Crippen LogP contribution in [0.4, 0.5) is 26.0 Å². The predicted molar refractivity (Wildman–Crippen MR) is 269 cm³/mol. The van der Waals surface area contributed by atoms with Crippen molar-refractivity contribution in [2.45, 2.75) is 5.75 Å². The van der Waals surface area contributed by atoms with Gasteiger partial charge in [-0.05, 0) is 71.8 Å². The van der Waals surface area contributed by atoms with Gasteiger partial charge in [-0.15, -0.1) is 0 Å². The van der Waals surface area contributed by atoms with Gasteiger partial charge in [0.05, 0.1) is 35.2 Å². The summed E-state index contributed by atoms with van der Waals surface area (Å²) in [4.78, 5) is 66.5. The highest BCUT2D eigenvalue weighted by Gasteiger charge is 2.27. The fraction of sp³-hybridized carbons (Fsp3) is 0.113. The number of carbonyl (C=O) groups excluding carboxylic acids is 3. The number of hydrogen-bond donors (Lipinski definition) is 5. The molecule has 9 rings (SSSR count). The lowest BCUT2D eigenvalue weighted by molar-refractivity contribution is -0.115. The number of fused-ring (bicyclic) bond motifs is 3. The van der Waals surface area contributed by atoms with Gasteiger partial charge >= 0.3 is 5.97 Å². The quantitative estimate of drug-likeness (QED) is 0.0403. The van der Waals surface area contributed by atoms with E-state index in [-0.39, 0.29) is 33.5 Å². The lowest BCUT2D eigenvalue weighted by atomic mass is 9.89. The molecule has 0 spiro atoms.